The molecule has 0 bridgehead atoms. The standard InChI is InChI=1S/C14H9BrOS/c15-13-6-5-11(17-13)8-10-7-9-3-1-2-4-12(9)14(10)16/h1-6,8H,7H2/b10-8+. The number of ketones is 1. The van der Waals surface area contributed by atoms with Crippen LogP contribution in [0, 0.1) is 0 Å². The van der Waals surface area contributed by atoms with Crippen LogP contribution in [0.3, 0.4) is 0 Å². The van der Waals surface area contributed by atoms with Crippen molar-refractivity contribution in [3.8, 4) is 0 Å². The van der Waals surface area contributed by atoms with Gasteiger partial charge in [0.05, 0.1) is 3.79 Å². The molecule has 0 saturated heterocycles. The number of allylic oxidation sites excluding steroid dienone is 1. The number of hydrogen-bond donors (Lipinski definition) is 0. The third-order valence-corrected chi connectivity index (χ3v) is 4.42. The van der Waals surface area contributed by atoms with Crippen molar-refractivity contribution in [1.29, 1.82) is 0 Å². The van der Waals surface area contributed by atoms with E-state index >= 15 is 0 Å². The second kappa shape index (κ2) is 4.24. The third kappa shape index (κ3) is 2.01. The van der Waals surface area contributed by atoms with E-state index in [2.05, 4.69) is 15.9 Å². The van der Waals surface area contributed by atoms with E-state index in [-0.39, 0.29) is 5.78 Å². The number of hydrogen-bond acceptors (Lipinski definition) is 2. The van der Waals surface area contributed by atoms with Gasteiger partial charge in [-0.3, -0.25) is 4.79 Å². The summed E-state index contributed by atoms with van der Waals surface area (Å²) < 4.78 is 1.09. The first-order valence-electron chi connectivity index (χ1n) is 5.32. The molecule has 1 aromatic carbocycles. The molecule has 0 amide bonds. The predicted octanol–water partition coefficient (Wildman–Crippen LogP) is 4.33. The molecule has 0 fully saturated rings. The molecule has 17 heavy (non-hydrogen) atoms. The molecule has 0 aliphatic heterocycles. The Morgan fingerprint density at radius 1 is 1.18 bits per heavy atom. The lowest BCUT2D eigenvalue weighted by molar-refractivity contribution is 0.104. The Kier molecular flexibility index (Phi) is 2.73. The Morgan fingerprint density at radius 2 is 2.00 bits per heavy atom. The minimum atomic E-state index is 0.171. The SMILES string of the molecule is O=C1/C(=C/c2ccc(Br)s2)Cc2ccccc21. The zero-order chi connectivity index (χ0) is 11.8. The van der Waals surface area contributed by atoms with Gasteiger partial charge < -0.3 is 0 Å². The van der Waals surface area contributed by atoms with E-state index in [4.69, 9.17) is 0 Å². The molecule has 0 atom stereocenters. The molecule has 0 spiro atoms. The van der Waals surface area contributed by atoms with Gasteiger partial charge in [0, 0.05) is 22.4 Å². The number of benzene rings is 1. The van der Waals surface area contributed by atoms with E-state index in [0.29, 0.717) is 0 Å². The molecule has 0 unspecified atom stereocenters. The van der Waals surface area contributed by atoms with Gasteiger partial charge in [0.15, 0.2) is 5.78 Å². The second-order valence-electron chi connectivity index (χ2n) is 3.97. The highest BCUT2D eigenvalue weighted by Crippen LogP contribution is 2.30. The zero-order valence-electron chi connectivity index (χ0n) is 8.94. The van der Waals surface area contributed by atoms with Crippen molar-refractivity contribution < 1.29 is 4.79 Å². The Labute approximate surface area is 112 Å². The average molecular weight is 305 g/mol. The molecule has 0 N–H and O–H groups in total. The second-order valence-corrected chi connectivity index (χ2v) is 6.47. The van der Waals surface area contributed by atoms with Crippen LogP contribution >= 0.6 is 27.3 Å². The van der Waals surface area contributed by atoms with E-state index in [0.717, 1.165) is 31.8 Å². The van der Waals surface area contributed by atoms with E-state index < -0.39 is 0 Å². The molecule has 84 valence electrons. The summed E-state index contributed by atoms with van der Waals surface area (Å²) in [4.78, 5) is 13.3. The number of thiophene rings is 1. The highest BCUT2D eigenvalue weighted by atomic mass is 79.9. The first-order chi connectivity index (χ1) is 8.24. The molecule has 1 aliphatic rings. The first-order valence-corrected chi connectivity index (χ1v) is 6.93. The molecule has 1 heterocycles. The van der Waals surface area contributed by atoms with Crippen LogP contribution in [-0.4, -0.2) is 5.78 Å². The molecule has 1 aliphatic carbocycles. The Bertz CT molecular complexity index is 625. The Morgan fingerprint density at radius 3 is 2.71 bits per heavy atom. The lowest BCUT2D eigenvalue weighted by atomic mass is 10.1. The fourth-order valence-corrected chi connectivity index (χ4v) is 3.44. The van der Waals surface area contributed by atoms with Gasteiger partial charge in [0.2, 0.25) is 0 Å². The number of halogens is 1. The predicted molar refractivity (Wildman–Crippen MR) is 74.5 cm³/mol. The minimum absolute atomic E-state index is 0.171. The van der Waals surface area contributed by atoms with Gasteiger partial charge in [-0.25, -0.2) is 0 Å². The third-order valence-electron chi connectivity index (χ3n) is 2.85. The van der Waals surface area contributed by atoms with Crippen LogP contribution < -0.4 is 0 Å². The van der Waals surface area contributed by atoms with Crippen molar-refractivity contribution in [2.75, 3.05) is 0 Å². The maximum atomic E-state index is 12.1. The summed E-state index contributed by atoms with van der Waals surface area (Å²) in [5.41, 5.74) is 2.88. The van der Waals surface area contributed by atoms with Crippen molar-refractivity contribution in [3.05, 3.63) is 61.8 Å². The Hall–Kier alpha value is -1.19. The molecule has 3 heteroatoms. The lowest BCUT2D eigenvalue weighted by Gasteiger charge is -1.92. The van der Waals surface area contributed by atoms with Crippen LogP contribution in [0.25, 0.3) is 6.08 Å². The van der Waals surface area contributed by atoms with Crippen LogP contribution in [0.15, 0.2) is 45.8 Å². The van der Waals surface area contributed by atoms with Crippen molar-refractivity contribution in [2.45, 2.75) is 6.42 Å². The van der Waals surface area contributed by atoms with Crippen molar-refractivity contribution in [1.82, 2.24) is 0 Å². The summed E-state index contributed by atoms with van der Waals surface area (Å²) >= 11 is 5.07. The van der Waals surface area contributed by atoms with Gasteiger partial charge >= 0.3 is 0 Å². The van der Waals surface area contributed by atoms with Gasteiger partial charge in [-0.2, -0.15) is 0 Å². The quantitative estimate of drug-likeness (QED) is 0.717. The summed E-state index contributed by atoms with van der Waals surface area (Å²) in [6.07, 6.45) is 2.75. The van der Waals surface area contributed by atoms with Gasteiger partial charge in [0.1, 0.15) is 0 Å². The van der Waals surface area contributed by atoms with Crippen molar-refractivity contribution >= 4 is 39.1 Å². The summed E-state index contributed by atoms with van der Waals surface area (Å²) in [5, 5.41) is 0. The van der Waals surface area contributed by atoms with E-state index in [1.54, 1.807) is 11.3 Å². The van der Waals surface area contributed by atoms with Gasteiger partial charge in [-0.1, -0.05) is 24.3 Å². The number of fused-ring (bicyclic) bond motifs is 1. The number of Topliss-reactive ketones (excluding diaryl/α,β-unsaturated/α-hetero) is 1. The zero-order valence-corrected chi connectivity index (χ0v) is 11.3. The van der Waals surface area contributed by atoms with Crippen LogP contribution in [0.4, 0.5) is 0 Å². The van der Waals surface area contributed by atoms with E-state index in [9.17, 15) is 4.79 Å². The van der Waals surface area contributed by atoms with Crippen LogP contribution in [0.1, 0.15) is 20.8 Å². The van der Waals surface area contributed by atoms with E-state index in [1.807, 2.05) is 42.5 Å². The topological polar surface area (TPSA) is 17.1 Å². The van der Waals surface area contributed by atoms with Gasteiger partial charge in [-0.05, 0) is 39.7 Å². The maximum Gasteiger partial charge on any atom is 0.189 e. The highest BCUT2D eigenvalue weighted by Gasteiger charge is 2.23. The fourth-order valence-electron chi connectivity index (χ4n) is 2.05. The molecular weight excluding hydrogens is 296 g/mol. The van der Waals surface area contributed by atoms with Crippen LogP contribution in [0.5, 0.6) is 0 Å². The maximum absolute atomic E-state index is 12.1. The van der Waals surface area contributed by atoms with Crippen molar-refractivity contribution in [3.63, 3.8) is 0 Å². The molecule has 0 radical (unpaired) electrons. The molecule has 0 saturated carbocycles. The first kappa shape index (κ1) is 10.9. The van der Waals surface area contributed by atoms with Crippen LogP contribution in [0.2, 0.25) is 0 Å². The normalized spacial score (nSPS) is 16.5. The Balaban J connectivity index is 1.99. The van der Waals surface area contributed by atoms with E-state index in [1.165, 1.54) is 0 Å². The number of carbonyl (C=O) groups is 1. The lowest BCUT2D eigenvalue weighted by Crippen LogP contribution is -1.94. The minimum Gasteiger partial charge on any atom is -0.289 e. The molecule has 1 nitrogen and oxygen atoms in total. The number of carbonyl (C=O) groups excluding carboxylic acids is 1. The average Bonchev–Trinajstić information content (AvgIpc) is 2.86. The van der Waals surface area contributed by atoms with Crippen molar-refractivity contribution in [2.24, 2.45) is 0 Å². The summed E-state index contributed by atoms with van der Waals surface area (Å²) in [5.74, 6) is 0.171. The number of rotatable bonds is 1. The van der Waals surface area contributed by atoms with Crippen LogP contribution in [-0.2, 0) is 6.42 Å². The largest absolute Gasteiger partial charge is 0.289 e. The highest BCUT2D eigenvalue weighted by molar-refractivity contribution is 9.11. The summed E-state index contributed by atoms with van der Waals surface area (Å²) in [7, 11) is 0. The van der Waals surface area contributed by atoms with Gasteiger partial charge in [0.25, 0.3) is 0 Å². The summed E-state index contributed by atoms with van der Waals surface area (Å²) in [6, 6.07) is 11.9. The smallest absolute Gasteiger partial charge is 0.189 e. The molecule has 1 aromatic heterocycles. The molecule has 3 rings (SSSR count). The molecular formula is C14H9BrOS. The monoisotopic (exact) mass is 304 g/mol. The van der Waals surface area contributed by atoms with Gasteiger partial charge in [-0.15, -0.1) is 11.3 Å². The fraction of sp³-hybridized carbons (Fsp3) is 0.0714. The summed E-state index contributed by atoms with van der Waals surface area (Å²) in [6.45, 7) is 0. The molecule has 2 aromatic rings.